The van der Waals surface area contributed by atoms with Gasteiger partial charge in [0.2, 0.25) is 0 Å². The zero-order valence-corrected chi connectivity index (χ0v) is 13.8. The second kappa shape index (κ2) is 15.1. The number of carbonyl (C=O) groups is 1. The number of carboxylic acid groups (broad SMARTS) is 1. The average Bonchev–Trinajstić information content (AvgIpc) is 2.44. The van der Waals surface area contributed by atoms with Gasteiger partial charge in [-0.15, -0.1) is 0 Å². The Kier molecular flexibility index (Phi) is 14.1. The molecule has 2 nitrogen and oxygen atoms in total. The molecule has 0 aliphatic rings. The van der Waals surface area contributed by atoms with Crippen LogP contribution in [0.25, 0.3) is 0 Å². The number of rotatable bonds is 13. The van der Waals surface area contributed by atoms with Crippen LogP contribution in [0.4, 0.5) is 0 Å². The molecule has 0 aromatic rings. The fourth-order valence-electron chi connectivity index (χ4n) is 2.21. The Morgan fingerprint density at radius 2 is 1.67 bits per heavy atom. The fraction of sp³-hybridized carbons (Fsp3) is 0.632. The third-order valence-corrected chi connectivity index (χ3v) is 3.43. The molecule has 0 saturated carbocycles. The minimum atomic E-state index is -0.852. The van der Waals surface area contributed by atoms with Gasteiger partial charge in [0.1, 0.15) is 0 Å². The highest BCUT2D eigenvalue weighted by Gasteiger charge is 1.95. The van der Waals surface area contributed by atoms with E-state index in [2.05, 4.69) is 38.2 Å². The minimum Gasteiger partial charge on any atom is -0.478 e. The predicted octanol–water partition coefficient (Wildman–Crippen LogP) is 5.91. The maximum atomic E-state index is 10.2. The van der Waals surface area contributed by atoms with Crippen LogP contribution in [0.2, 0.25) is 0 Å². The molecule has 0 rings (SSSR count). The van der Waals surface area contributed by atoms with Crippen LogP contribution in [0.5, 0.6) is 0 Å². The van der Waals surface area contributed by atoms with E-state index in [9.17, 15) is 4.79 Å². The Morgan fingerprint density at radius 3 is 2.33 bits per heavy atom. The Morgan fingerprint density at radius 1 is 1.00 bits per heavy atom. The molecule has 0 bridgehead atoms. The van der Waals surface area contributed by atoms with Gasteiger partial charge in [-0.3, -0.25) is 0 Å². The smallest absolute Gasteiger partial charge is 0.327 e. The zero-order valence-electron chi connectivity index (χ0n) is 13.8. The van der Waals surface area contributed by atoms with Crippen LogP contribution in [-0.2, 0) is 4.79 Å². The van der Waals surface area contributed by atoms with E-state index in [-0.39, 0.29) is 0 Å². The Labute approximate surface area is 130 Å². The van der Waals surface area contributed by atoms with Crippen molar-refractivity contribution in [3.63, 3.8) is 0 Å². The summed E-state index contributed by atoms with van der Waals surface area (Å²) in [5.74, 6) is -0.0412. The standard InChI is InChI=1S/C19H32O2/c1-3-15-18(2)16-13-11-9-7-5-4-6-8-10-12-14-17-19(20)21/h5,7,11,13-14,17-18H,3-4,6,8-10,12,15-16H2,1-2H3,(H,20,21). The van der Waals surface area contributed by atoms with Gasteiger partial charge in [-0.05, 0) is 44.4 Å². The molecule has 0 aromatic heterocycles. The molecule has 1 N–H and O–H groups in total. The van der Waals surface area contributed by atoms with Crippen LogP contribution in [0.15, 0.2) is 36.5 Å². The van der Waals surface area contributed by atoms with Crippen molar-refractivity contribution >= 4 is 5.97 Å². The van der Waals surface area contributed by atoms with Gasteiger partial charge in [-0.1, -0.05) is 63.5 Å². The summed E-state index contributed by atoms with van der Waals surface area (Å²) in [5, 5.41) is 8.43. The summed E-state index contributed by atoms with van der Waals surface area (Å²) in [6.07, 6.45) is 22.3. The maximum Gasteiger partial charge on any atom is 0.327 e. The predicted molar refractivity (Wildman–Crippen MR) is 91.4 cm³/mol. The summed E-state index contributed by atoms with van der Waals surface area (Å²) in [4.78, 5) is 10.2. The monoisotopic (exact) mass is 292 g/mol. The Balaban J connectivity index is 3.37. The zero-order chi connectivity index (χ0) is 15.8. The van der Waals surface area contributed by atoms with Crippen LogP contribution >= 0.6 is 0 Å². The molecule has 0 fully saturated rings. The van der Waals surface area contributed by atoms with Crippen molar-refractivity contribution in [2.45, 2.75) is 71.6 Å². The van der Waals surface area contributed by atoms with Gasteiger partial charge in [0.15, 0.2) is 0 Å². The summed E-state index contributed by atoms with van der Waals surface area (Å²) in [6, 6.07) is 0. The number of hydrogen-bond donors (Lipinski definition) is 1. The molecule has 0 radical (unpaired) electrons. The topological polar surface area (TPSA) is 37.3 Å². The van der Waals surface area contributed by atoms with E-state index in [1.165, 1.54) is 38.2 Å². The molecule has 0 heterocycles. The minimum absolute atomic E-state index is 0.811. The molecule has 21 heavy (non-hydrogen) atoms. The van der Waals surface area contributed by atoms with E-state index in [1.54, 1.807) is 6.08 Å². The van der Waals surface area contributed by atoms with Crippen molar-refractivity contribution in [2.24, 2.45) is 5.92 Å². The lowest BCUT2D eigenvalue weighted by Crippen LogP contribution is -1.90. The third kappa shape index (κ3) is 16.6. The van der Waals surface area contributed by atoms with Gasteiger partial charge in [-0.2, -0.15) is 0 Å². The fourth-order valence-corrected chi connectivity index (χ4v) is 2.21. The number of unbranched alkanes of at least 4 members (excludes halogenated alkanes) is 4. The number of carboxylic acids is 1. The van der Waals surface area contributed by atoms with Crippen LogP contribution in [0.3, 0.4) is 0 Å². The van der Waals surface area contributed by atoms with Crippen molar-refractivity contribution in [1.82, 2.24) is 0 Å². The second-order valence-electron chi connectivity index (χ2n) is 5.69. The van der Waals surface area contributed by atoms with Crippen molar-refractivity contribution in [3.8, 4) is 0 Å². The Hall–Kier alpha value is -1.31. The first-order chi connectivity index (χ1) is 10.2. The second-order valence-corrected chi connectivity index (χ2v) is 5.69. The lowest BCUT2D eigenvalue weighted by Gasteiger charge is -2.04. The van der Waals surface area contributed by atoms with E-state index >= 15 is 0 Å². The molecule has 1 unspecified atom stereocenters. The van der Waals surface area contributed by atoms with Gasteiger partial charge in [0, 0.05) is 6.08 Å². The van der Waals surface area contributed by atoms with Gasteiger partial charge < -0.3 is 5.11 Å². The first-order valence-corrected chi connectivity index (χ1v) is 8.36. The summed E-state index contributed by atoms with van der Waals surface area (Å²) in [6.45, 7) is 4.56. The van der Waals surface area contributed by atoms with Gasteiger partial charge >= 0.3 is 5.97 Å². The number of allylic oxidation sites excluding steroid dienone is 5. The first kappa shape index (κ1) is 19.7. The highest BCUT2D eigenvalue weighted by Crippen LogP contribution is 2.10. The molecule has 2 heteroatoms. The van der Waals surface area contributed by atoms with Crippen molar-refractivity contribution < 1.29 is 9.90 Å². The van der Waals surface area contributed by atoms with Crippen molar-refractivity contribution in [3.05, 3.63) is 36.5 Å². The van der Waals surface area contributed by atoms with E-state index in [1.807, 2.05) is 0 Å². The van der Waals surface area contributed by atoms with Gasteiger partial charge in [-0.25, -0.2) is 4.79 Å². The quantitative estimate of drug-likeness (QED) is 0.260. The molecule has 0 aromatic carbocycles. The highest BCUT2D eigenvalue weighted by molar-refractivity contribution is 5.79. The van der Waals surface area contributed by atoms with Crippen LogP contribution in [0.1, 0.15) is 71.6 Å². The van der Waals surface area contributed by atoms with E-state index in [0.717, 1.165) is 31.6 Å². The molecule has 0 saturated heterocycles. The van der Waals surface area contributed by atoms with E-state index in [0.29, 0.717) is 0 Å². The van der Waals surface area contributed by atoms with E-state index in [4.69, 9.17) is 5.11 Å². The van der Waals surface area contributed by atoms with E-state index < -0.39 is 5.97 Å². The molecule has 0 spiro atoms. The average molecular weight is 292 g/mol. The lowest BCUT2D eigenvalue weighted by atomic mass is 10.0. The molecule has 120 valence electrons. The summed E-state index contributed by atoms with van der Waals surface area (Å²) >= 11 is 0. The first-order valence-electron chi connectivity index (χ1n) is 8.36. The number of hydrogen-bond acceptors (Lipinski definition) is 1. The molecule has 1 atom stereocenters. The normalized spacial score (nSPS) is 13.6. The Bertz CT molecular complexity index is 326. The third-order valence-electron chi connectivity index (χ3n) is 3.43. The molecular formula is C19H32O2. The molecule has 0 amide bonds. The summed E-state index contributed by atoms with van der Waals surface area (Å²) in [7, 11) is 0. The van der Waals surface area contributed by atoms with Crippen molar-refractivity contribution in [1.29, 1.82) is 0 Å². The largest absolute Gasteiger partial charge is 0.478 e. The van der Waals surface area contributed by atoms with Gasteiger partial charge in [0.05, 0.1) is 0 Å². The van der Waals surface area contributed by atoms with Gasteiger partial charge in [0.25, 0.3) is 0 Å². The van der Waals surface area contributed by atoms with Crippen LogP contribution in [0, 0.1) is 5.92 Å². The summed E-state index contributed by atoms with van der Waals surface area (Å²) < 4.78 is 0. The SMILES string of the molecule is CCCC(C)CC=CCC=CCCCCCC=CC(=O)O. The summed E-state index contributed by atoms with van der Waals surface area (Å²) in [5.41, 5.74) is 0. The molecule has 0 aliphatic carbocycles. The number of aliphatic carboxylic acids is 1. The van der Waals surface area contributed by atoms with Crippen LogP contribution in [-0.4, -0.2) is 11.1 Å². The van der Waals surface area contributed by atoms with Crippen molar-refractivity contribution in [2.75, 3.05) is 0 Å². The molecule has 0 aliphatic heterocycles. The van der Waals surface area contributed by atoms with Crippen LogP contribution < -0.4 is 0 Å². The highest BCUT2D eigenvalue weighted by atomic mass is 16.4. The lowest BCUT2D eigenvalue weighted by molar-refractivity contribution is -0.131. The maximum absolute atomic E-state index is 10.2. The molecular weight excluding hydrogens is 260 g/mol.